The van der Waals surface area contributed by atoms with Crippen molar-refractivity contribution in [2.75, 3.05) is 13.2 Å². The van der Waals surface area contributed by atoms with Gasteiger partial charge in [0.15, 0.2) is 0 Å². The van der Waals surface area contributed by atoms with Gasteiger partial charge in [-0.1, -0.05) is 0 Å². The van der Waals surface area contributed by atoms with Gasteiger partial charge in [-0.25, -0.2) is 0 Å². The molecule has 0 amide bonds. The lowest BCUT2D eigenvalue weighted by molar-refractivity contribution is 0.0725. The summed E-state index contributed by atoms with van der Waals surface area (Å²) in [6.07, 6.45) is 0.0687. The molecular formula is C15H21O5P. The van der Waals surface area contributed by atoms with E-state index in [0.29, 0.717) is 18.5 Å². The smallest absolute Gasteiger partial charge is 0.361 e. The maximum absolute atomic E-state index is 12.8. The van der Waals surface area contributed by atoms with Gasteiger partial charge in [0.2, 0.25) is 0 Å². The molecule has 2 aliphatic heterocycles. The molecule has 1 saturated heterocycles. The zero-order valence-corrected chi connectivity index (χ0v) is 13.7. The standard InChI is InChI=1S/C15H21O5P/c1-5-17-21(16,18-6-2)10-7-8-12-11(9-10)13-14(19-13)15(3,4)20-12/h7-9,13-14H,5-6H2,1-4H3. The monoisotopic (exact) mass is 312 g/mol. The van der Waals surface area contributed by atoms with Crippen LogP contribution >= 0.6 is 7.60 Å². The van der Waals surface area contributed by atoms with E-state index >= 15 is 0 Å². The van der Waals surface area contributed by atoms with Gasteiger partial charge in [0, 0.05) is 5.56 Å². The summed E-state index contributed by atoms with van der Waals surface area (Å²) in [5.74, 6) is 0.780. The number of hydrogen-bond donors (Lipinski definition) is 0. The SMILES string of the molecule is CCOP(=O)(OCC)c1ccc2c(c1)C1OC1C(C)(C)O2. The maximum Gasteiger partial charge on any atom is 0.361 e. The van der Waals surface area contributed by atoms with E-state index in [9.17, 15) is 4.57 Å². The Hall–Kier alpha value is -0.870. The van der Waals surface area contributed by atoms with Gasteiger partial charge in [-0.2, -0.15) is 0 Å². The number of fused-ring (bicyclic) bond motifs is 3. The lowest BCUT2D eigenvalue weighted by atomic mass is 9.94. The number of benzene rings is 1. The molecule has 6 heteroatoms. The van der Waals surface area contributed by atoms with Crippen LogP contribution in [0.3, 0.4) is 0 Å². The number of epoxide rings is 1. The molecule has 0 radical (unpaired) electrons. The van der Waals surface area contributed by atoms with Gasteiger partial charge in [-0.05, 0) is 45.9 Å². The Bertz CT molecular complexity index is 588. The summed E-state index contributed by atoms with van der Waals surface area (Å²) in [5.41, 5.74) is 0.597. The molecule has 0 aromatic heterocycles. The molecule has 1 fully saturated rings. The third-order valence-electron chi connectivity index (χ3n) is 3.76. The number of rotatable bonds is 5. The van der Waals surface area contributed by atoms with Crippen LogP contribution in [0.2, 0.25) is 0 Å². The lowest BCUT2D eigenvalue weighted by Gasteiger charge is -2.30. The van der Waals surface area contributed by atoms with Gasteiger partial charge in [-0.3, -0.25) is 4.57 Å². The highest BCUT2D eigenvalue weighted by molar-refractivity contribution is 7.62. The van der Waals surface area contributed by atoms with Crippen LogP contribution in [-0.4, -0.2) is 24.9 Å². The first-order valence-electron chi connectivity index (χ1n) is 7.29. The molecule has 3 rings (SSSR count). The third-order valence-corrected chi connectivity index (χ3v) is 5.87. The van der Waals surface area contributed by atoms with Crippen LogP contribution in [0.25, 0.3) is 0 Å². The first-order chi connectivity index (χ1) is 9.91. The molecule has 2 aliphatic rings. The Balaban J connectivity index is 1.97. The Morgan fingerprint density at radius 3 is 2.52 bits per heavy atom. The molecule has 2 atom stereocenters. The van der Waals surface area contributed by atoms with E-state index in [-0.39, 0.29) is 17.8 Å². The third kappa shape index (κ3) is 2.53. The Morgan fingerprint density at radius 1 is 1.24 bits per heavy atom. The molecule has 2 heterocycles. The van der Waals surface area contributed by atoms with Crippen LogP contribution in [-0.2, 0) is 18.3 Å². The van der Waals surface area contributed by atoms with E-state index in [1.165, 1.54) is 0 Å². The van der Waals surface area contributed by atoms with Crippen molar-refractivity contribution in [1.29, 1.82) is 0 Å². The molecule has 1 aromatic carbocycles. The highest BCUT2D eigenvalue weighted by Gasteiger charge is 2.56. The molecule has 0 spiro atoms. The highest BCUT2D eigenvalue weighted by atomic mass is 31.2. The summed E-state index contributed by atoms with van der Waals surface area (Å²) in [6, 6.07) is 5.42. The van der Waals surface area contributed by atoms with Crippen molar-refractivity contribution >= 4 is 12.9 Å². The van der Waals surface area contributed by atoms with Gasteiger partial charge < -0.3 is 18.5 Å². The zero-order valence-electron chi connectivity index (χ0n) is 12.8. The summed E-state index contributed by atoms with van der Waals surface area (Å²) >= 11 is 0. The van der Waals surface area contributed by atoms with Gasteiger partial charge in [0.25, 0.3) is 0 Å². The lowest BCUT2D eigenvalue weighted by Crippen LogP contribution is -2.38. The molecule has 21 heavy (non-hydrogen) atoms. The molecular weight excluding hydrogens is 291 g/mol. The van der Waals surface area contributed by atoms with Gasteiger partial charge in [-0.15, -0.1) is 0 Å². The first kappa shape index (κ1) is 15.0. The van der Waals surface area contributed by atoms with Crippen LogP contribution in [0.5, 0.6) is 5.75 Å². The average molecular weight is 312 g/mol. The van der Waals surface area contributed by atoms with Crippen LogP contribution in [0, 0.1) is 0 Å². The number of hydrogen-bond acceptors (Lipinski definition) is 5. The second kappa shape index (κ2) is 5.10. The van der Waals surface area contributed by atoms with E-state index in [1.807, 2.05) is 26.0 Å². The Morgan fingerprint density at radius 2 is 1.90 bits per heavy atom. The van der Waals surface area contributed by atoms with Gasteiger partial charge in [0.1, 0.15) is 23.6 Å². The van der Waals surface area contributed by atoms with E-state index in [1.54, 1.807) is 19.9 Å². The summed E-state index contributed by atoms with van der Waals surface area (Å²) in [7, 11) is -3.27. The molecule has 0 saturated carbocycles. The normalized spacial score (nSPS) is 25.7. The van der Waals surface area contributed by atoms with E-state index < -0.39 is 7.60 Å². The first-order valence-corrected chi connectivity index (χ1v) is 8.83. The van der Waals surface area contributed by atoms with Crippen molar-refractivity contribution in [1.82, 2.24) is 0 Å². The van der Waals surface area contributed by atoms with Crippen LogP contribution in [0.15, 0.2) is 18.2 Å². The van der Waals surface area contributed by atoms with Crippen molar-refractivity contribution < 1.29 is 23.1 Å². The number of ether oxygens (including phenoxy) is 2. The fourth-order valence-corrected chi connectivity index (χ4v) is 4.37. The van der Waals surface area contributed by atoms with Crippen LogP contribution in [0.4, 0.5) is 0 Å². The summed E-state index contributed by atoms with van der Waals surface area (Å²) in [4.78, 5) is 0. The van der Waals surface area contributed by atoms with E-state index in [0.717, 1.165) is 11.3 Å². The minimum absolute atomic E-state index is 0.0143. The summed E-state index contributed by atoms with van der Waals surface area (Å²) in [5, 5.41) is 0.558. The predicted molar refractivity (Wildman–Crippen MR) is 79.3 cm³/mol. The van der Waals surface area contributed by atoms with Crippen molar-refractivity contribution in [2.45, 2.75) is 45.5 Å². The quantitative estimate of drug-likeness (QED) is 0.617. The zero-order chi connectivity index (χ0) is 15.3. The second-order valence-corrected chi connectivity index (χ2v) is 7.77. The minimum atomic E-state index is -3.27. The van der Waals surface area contributed by atoms with E-state index in [4.69, 9.17) is 18.5 Å². The molecule has 116 valence electrons. The Labute approximate surface area is 125 Å². The van der Waals surface area contributed by atoms with Crippen molar-refractivity contribution in [3.8, 4) is 5.75 Å². The molecule has 0 bridgehead atoms. The summed E-state index contributed by atoms with van der Waals surface area (Å²) < 4.78 is 35.3. The summed E-state index contributed by atoms with van der Waals surface area (Å²) in [6.45, 7) is 8.30. The topological polar surface area (TPSA) is 57.3 Å². The van der Waals surface area contributed by atoms with Crippen molar-refractivity contribution in [3.05, 3.63) is 23.8 Å². The van der Waals surface area contributed by atoms with Gasteiger partial charge >= 0.3 is 7.60 Å². The minimum Gasteiger partial charge on any atom is -0.485 e. The fraction of sp³-hybridized carbons (Fsp3) is 0.600. The predicted octanol–water partition coefficient (Wildman–Crippen LogP) is 3.19. The highest BCUT2D eigenvalue weighted by Crippen LogP contribution is 2.55. The molecule has 0 N–H and O–H groups in total. The molecule has 2 unspecified atom stereocenters. The maximum atomic E-state index is 12.8. The van der Waals surface area contributed by atoms with Crippen molar-refractivity contribution in [3.63, 3.8) is 0 Å². The Kier molecular flexibility index (Phi) is 3.65. The second-order valence-electron chi connectivity index (χ2n) is 5.74. The van der Waals surface area contributed by atoms with Crippen LogP contribution < -0.4 is 10.0 Å². The van der Waals surface area contributed by atoms with Crippen LogP contribution in [0.1, 0.15) is 39.4 Å². The molecule has 0 aliphatic carbocycles. The molecule has 1 aromatic rings. The fourth-order valence-electron chi connectivity index (χ4n) is 2.77. The largest absolute Gasteiger partial charge is 0.485 e. The van der Waals surface area contributed by atoms with Crippen molar-refractivity contribution in [2.24, 2.45) is 0 Å². The average Bonchev–Trinajstić information content (AvgIpc) is 3.20. The van der Waals surface area contributed by atoms with Gasteiger partial charge in [0.05, 0.1) is 18.5 Å². The molecule has 5 nitrogen and oxygen atoms in total. The van der Waals surface area contributed by atoms with E-state index in [2.05, 4.69) is 0 Å².